The summed E-state index contributed by atoms with van der Waals surface area (Å²) >= 11 is 12.1. The van der Waals surface area contributed by atoms with Crippen LogP contribution < -0.4 is 5.32 Å². The van der Waals surface area contributed by atoms with Gasteiger partial charge in [-0.25, -0.2) is 0 Å². The number of benzene rings is 2. The van der Waals surface area contributed by atoms with E-state index in [4.69, 9.17) is 23.2 Å². The lowest BCUT2D eigenvalue weighted by molar-refractivity contribution is -0.129. The number of nitrogens with zero attached hydrogens (tertiary/aromatic N) is 1. The molecule has 0 bridgehead atoms. The number of carbonyl (C=O) groups excluding carboxylic acids is 3. The van der Waals surface area contributed by atoms with Crippen LogP contribution in [0.3, 0.4) is 0 Å². The molecule has 2 amide bonds. The Hall–Kier alpha value is -2.83. The molecule has 1 heterocycles. The molecule has 0 radical (unpaired) electrons. The average molecular weight is 418 g/mol. The Balaban J connectivity index is 1.74. The third-order valence-electron chi connectivity index (χ3n) is 4.27. The van der Waals surface area contributed by atoms with E-state index in [9.17, 15) is 14.4 Å². The zero-order valence-electron chi connectivity index (χ0n) is 15.2. The first-order chi connectivity index (χ1) is 13.3. The molecule has 6 nitrogen and oxygen atoms in total. The zero-order valence-corrected chi connectivity index (χ0v) is 16.7. The van der Waals surface area contributed by atoms with Crippen LogP contribution in [0.4, 0.5) is 5.69 Å². The Morgan fingerprint density at radius 3 is 2.36 bits per heavy atom. The van der Waals surface area contributed by atoms with E-state index in [-0.39, 0.29) is 22.3 Å². The molecule has 2 N–H and O–H groups in total. The number of aromatic nitrogens is 1. The molecule has 8 heteroatoms. The van der Waals surface area contributed by atoms with Gasteiger partial charge >= 0.3 is 0 Å². The number of anilines is 1. The fraction of sp³-hybridized carbons (Fsp3) is 0.150. The van der Waals surface area contributed by atoms with Crippen molar-refractivity contribution in [3.8, 4) is 0 Å². The van der Waals surface area contributed by atoms with E-state index < -0.39 is 17.6 Å². The molecule has 144 valence electrons. The minimum absolute atomic E-state index is 0.260. The van der Waals surface area contributed by atoms with Crippen LogP contribution >= 0.6 is 23.2 Å². The molecule has 0 aliphatic carbocycles. The molecule has 1 aromatic heterocycles. The van der Waals surface area contributed by atoms with Crippen molar-refractivity contribution in [1.82, 2.24) is 9.88 Å². The Morgan fingerprint density at radius 2 is 1.68 bits per heavy atom. The summed E-state index contributed by atoms with van der Waals surface area (Å²) < 4.78 is 0. The van der Waals surface area contributed by atoms with Crippen LogP contribution in [-0.2, 0) is 9.59 Å². The minimum Gasteiger partial charge on any atom is -0.358 e. The van der Waals surface area contributed by atoms with Crippen molar-refractivity contribution in [2.45, 2.75) is 6.92 Å². The highest BCUT2D eigenvalue weighted by Gasteiger charge is 2.26. The van der Waals surface area contributed by atoms with Gasteiger partial charge in [-0.2, -0.15) is 0 Å². The molecule has 0 spiro atoms. The van der Waals surface area contributed by atoms with Gasteiger partial charge in [-0.15, -0.1) is 0 Å². The first-order valence-corrected chi connectivity index (χ1v) is 9.16. The number of halogens is 2. The Morgan fingerprint density at radius 1 is 1.04 bits per heavy atom. The minimum atomic E-state index is -0.784. The lowest BCUT2D eigenvalue weighted by atomic mass is 10.1. The van der Waals surface area contributed by atoms with Crippen molar-refractivity contribution in [3.05, 3.63) is 63.8 Å². The van der Waals surface area contributed by atoms with Gasteiger partial charge in [-0.3, -0.25) is 14.4 Å². The largest absolute Gasteiger partial charge is 0.358 e. The van der Waals surface area contributed by atoms with Crippen molar-refractivity contribution in [3.63, 3.8) is 0 Å². The number of ketones is 1. The van der Waals surface area contributed by atoms with E-state index in [1.807, 2.05) is 12.1 Å². The summed E-state index contributed by atoms with van der Waals surface area (Å²) in [5.74, 6) is -1.98. The Bertz CT molecular complexity index is 1070. The number of para-hydroxylation sites is 2. The summed E-state index contributed by atoms with van der Waals surface area (Å²) in [4.78, 5) is 41.8. The summed E-state index contributed by atoms with van der Waals surface area (Å²) in [5.41, 5.74) is 1.93. The van der Waals surface area contributed by atoms with Gasteiger partial charge in [0.25, 0.3) is 11.7 Å². The lowest BCUT2D eigenvalue weighted by Crippen LogP contribution is -2.39. The summed E-state index contributed by atoms with van der Waals surface area (Å²) in [6.07, 6.45) is 0. The maximum atomic E-state index is 12.7. The van der Waals surface area contributed by atoms with Crippen LogP contribution in [0.1, 0.15) is 16.1 Å². The summed E-state index contributed by atoms with van der Waals surface area (Å²) in [7, 11) is 1.39. The van der Waals surface area contributed by atoms with E-state index >= 15 is 0 Å². The average Bonchev–Trinajstić information content (AvgIpc) is 2.99. The highest BCUT2D eigenvalue weighted by atomic mass is 35.5. The van der Waals surface area contributed by atoms with Crippen molar-refractivity contribution < 1.29 is 14.4 Å². The molecule has 3 aromatic rings. The molecule has 0 unspecified atom stereocenters. The Kier molecular flexibility index (Phi) is 5.72. The Labute approximate surface area is 171 Å². The molecule has 0 saturated carbocycles. The van der Waals surface area contributed by atoms with Crippen molar-refractivity contribution >= 4 is 57.4 Å². The van der Waals surface area contributed by atoms with Gasteiger partial charge in [0.2, 0.25) is 5.91 Å². The highest BCUT2D eigenvalue weighted by molar-refractivity contribution is 6.45. The third-order valence-corrected chi connectivity index (χ3v) is 4.90. The van der Waals surface area contributed by atoms with Crippen molar-refractivity contribution in [2.24, 2.45) is 0 Å². The molecular formula is C20H17Cl2N3O3. The summed E-state index contributed by atoms with van der Waals surface area (Å²) in [6.45, 7) is 1.40. The molecule has 0 atom stereocenters. The number of aromatic amines is 1. The van der Waals surface area contributed by atoms with Gasteiger partial charge in [0, 0.05) is 23.6 Å². The number of hydrogen-bond acceptors (Lipinski definition) is 3. The summed E-state index contributed by atoms with van der Waals surface area (Å²) in [5, 5.41) is 3.79. The monoisotopic (exact) mass is 417 g/mol. The number of Topliss-reactive ketones (excluding diaryl/α,β-unsaturated/α-hetero) is 1. The van der Waals surface area contributed by atoms with E-state index in [2.05, 4.69) is 10.3 Å². The van der Waals surface area contributed by atoms with Crippen LogP contribution in [0, 0.1) is 6.92 Å². The number of rotatable bonds is 5. The molecule has 0 aliphatic rings. The first-order valence-electron chi connectivity index (χ1n) is 8.40. The van der Waals surface area contributed by atoms with Crippen molar-refractivity contribution in [2.75, 3.05) is 18.9 Å². The first kappa shape index (κ1) is 19.9. The quantitative estimate of drug-likeness (QED) is 0.484. The number of aryl methyl sites for hydroxylation is 1. The number of carbonyl (C=O) groups is 3. The highest BCUT2D eigenvalue weighted by Crippen LogP contribution is 2.29. The van der Waals surface area contributed by atoms with Crippen molar-refractivity contribution in [1.29, 1.82) is 0 Å². The van der Waals surface area contributed by atoms with E-state index in [0.717, 1.165) is 10.4 Å². The maximum Gasteiger partial charge on any atom is 0.295 e. The third kappa shape index (κ3) is 3.88. The second-order valence-electron chi connectivity index (χ2n) is 6.31. The standard InChI is InChI=1S/C20H17Cl2N3O3/c1-11-17(12-6-3-4-9-15(12)23-11)19(27)20(28)25(2)10-16(26)24-18-13(21)7-5-8-14(18)22/h3-9,23H,10H2,1-2H3,(H,24,26). The van der Waals surface area contributed by atoms with Gasteiger partial charge in [0.05, 0.1) is 27.8 Å². The van der Waals surface area contributed by atoms with Gasteiger partial charge in [-0.05, 0) is 25.1 Å². The van der Waals surface area contributed by atoms with Crippen LogP contribution in [-0.4, -0.2) is 41.1 Å². The molecule has 2 aromatic carbocycles. The number of nitrogens with one attached hydrogen (secondary N) is 2. The second-order valence-corrected chi connectivity index (χ2v) is 7.12. The molecule has 0 saturated heterocycles. The molecule has 3 rings (SSSR count). The zero-order chi connectivity index (χ0) is 20.4. The van der Waals surface area contributed by atoms with Gasteiger partial charge < -0.3 is 15.2 Å². The molecule has 0 aliphatic heterocycles. The van der Waals surface area contributed by atoms with Crippen LogP contribution in [0.25, 0.3) is 10.9 Å². The maximum absolute atomic E-state index is 12.7. The number of hydrogen-bond donors (Lipinski definition) is 2. The smallest absolute Gasteiger partial charge is 0.295 e. The van der Waals surface area contributed by atoms with E-state index in [1.165, 1.54) is 7.05 Å². The van der Waals surface area contributed by atoms with Gasteiger partial charge in [-0.1, -0.05) is 47.5 Å². The van der Waals surface area contributed by atoms with Crippen LogP contribution in [0.2, 0.25) is 10.0 Å². The van der Waals surface area contributed by atoms with E-state index in [0.29, 0.717) is 16.6 Å². The van der Waals surface area contributed by atoms with Gasteiger partial charge in [0.1, 0.15) is 0 Å². The number of fused-ring (bicyclic) bond motifs is 1. The molecular weight excluding hydrogens is 401 g/mol. The number of H-pyrrole nitrogens is 1. The van der Waals surface area contributed by atoms with Gasteiger partial charge in [0.15, 0.2) is 0 Å². The lowest BCUT2D eigenvalue weighted by Gasteiger charge is -2.17. The predicted octanol–water partition coefficient (Wildman–Crippen LogP) is 4.06. The fourth-order valence-electron chi connectivity index (χ4n) is 2.93. The molecule has 28 heavy (non-hydrogen) atoms. The van der Waals surface area contributed by atoms with Crippen LogP contribution in [0.15, 0.2) is 42.5 Å². The number of likely N-dealkylation sites (N-methyl/N-ethyl adjacent to an activating group) is 1. The topological polar surface area (TPSA) is 82.3 Å². The summed E-state index contributed by atoms with van der Waals surface area (Å²) in [6, 6.07) is 12.0. The fourth-order valence-corrected chi connectivity index (χ4v) is 3.42. The van der Waals surface area contributed by atoms with Crippen LogP contribution in [0.5, 0.6) is 0 Å². The molecule has 0 fully saturated rings. The van der Waals surface area contributed by atoms with E-state index in [1.54, 1.807) is 37.3 Å². The second kappa shape index (κ2) is 8.04. The normalized spacial score (nSPS) is 10.7. The number of amides is 2. The SMILES string of the molecule is Cc1[nH]c2ccccc2c1C(=O)C(=O)N(C)CC(=O)Nc1c(Cl)cccc1Cl. The predicted molar refractivity (Wildman–Crippen MR) is 110 cm³/mol.